The molecule has 1 aliphatic carbocycles. The van der Waals surface area contributed by atoms with Crippen LogP contribution in [0, 0.1) is 6.92 Å². The number of halogens is 1. The van der Waals surface area contributed by atoms with Gasteiger partial charge in [-0.05, 0) is 43.9 Å². The smallest absolute Gasteiger partial charge is 0.122 e. The van der Waals surface area contributed by atoms with Gasteiger partial charge in [0, 0.05) is 12.6 Å². The summed E-state index contributed by atoms with van der Waals surface area (Å²) in [4.78, 5) is 0. The number of aryl methyl sites for hydroxylation is 1. The maximum absolute atomic E-state index is 5.60. The van der Waals surface area contributed by atoms with Crippen LogP contribution in [0.1, 0.15) is 63.0 Å². The molecular weight excluding hydrogens is 282 g/mol. The fourth-order valence-electron chi connectivity index (χ4n) is 3.06. The van der Waals surface area contributed by atoms with Crippen LogP contribution in [0.3, 0.4) is 0 Å². The summed E-state index contributed by atoms with van der Waals surface area (Å²) < 4.78 is 5.60. The Bertz CT molecular complexity index is 400. The predicted octanol–water partition coefficient (Wildman–Crippen LogP) is 5.02. The predicted molar refractivity (Wildman–Crippen MR) is 92.5 cm³/mol. The third kappa shape index (κ3) is 6.27. The fourth-order valence-corrected chi connectivity index (χ4v) is 3.06. The zero-order valence-electron chi connectivity index (χ0n) is 13.5. The van der Waals surface area contributed by atoms with Gasteiger partial charge in [-0.3, -0.25) is 0 Å². The minimum absolute atomic E-state index is 0. The van der Waals surface area contributed by atoms with Crippen molar-refractivity contribution in [1.29, 1.82) is 0 Å². The lowest BCUT2D eigenvalue weighted by atomic mass is 9.96. The molecule has 0 atom stereocenters. The van der Waals surface area contributed by atoms with Crippen LogP contribution >= 0.6 is 12.4 Å². The van der Waals surface area contributed by atoms with E-state index in [9.17, 15) is 0 Å². The highest BCUT2D eigenvalue weighted by Crippen LogP contribution is 2.20. The van der Waals surface area contributed by atoms with E-state index in [1.165, 1.54) is 56.1 Å². The molecule has 0 heterocycles. The zero-order chi connectivity index (χ0) is 14.2. The third-order valence-electron chi connectivity index (χ3n) is 4.24. The lowest BCUT2D eigenvalue weighted by Crippen LogP contribution is -2.29. The molecule has 0 spiro atoms. The second kappa shape index (κ2) is 10.1. The summed E-state index contributed by atoms with van der Waals surface area (Å²) in [6, 6.07) is 7.25. The van der Waals surface area contributed by atoms with Crippen LogP contribution in [0.15, 0.2) is 18.2 Å². The van der Waals surface area contributed by atoms with Gasteiger partial charge in [0.2, 0.25) is 0 Å². The van der Waals surface area contributed by atoms with Crippen molar-refractivity contribution >= 4 is 12.4 Å². The molecule has 3 heteroatoms. The van der Waals surface area contributed by atoms with Crippen molar-refractivity contribution in [3.05, 3.63) is 29.3 Å². The largest absolute Gasteiger partial charge is 0.494 e. The molecule has 1 fully saturated rings. The molecule has 1 saturated carbocycles. The Labute approximate surface area is 136 Å². The minimum atomic E-state index is 0. The summed E-state index contributed by atoms with van der Waals surface area (Å²) in [6.45, 7) is 5.88. The van der Waals surface area contributed by atoms with E-state index in [0.29, 0.717) is 6.04 Å². The number of benzene rings is 1. The Morgan fingerprint density at radius 3 is 2.38 bits per heavy atom. The molecule has 2 rings (SSSR count). The quantitative estimate of drug-likeness (QED) is 0.824. The van der Waals surface area contributed by atoms with Crippen LogP contribution in [0.2, 0.25) is 0 Å². The van der Waals surface area contributed by atoms with Crippen LogP contribution in [0.5, 0.6) is 5.75 Å². The Kier molecular flexibility index (Phi) is 8.79. The van der Waals surface area contributed by atoms with E-state index in [-0.39, 0.29) is 12.4 Å². The van der Waals surface area contributed by atoms with Crippen molar-refractivity contribution in [2.45, 2.75) is 71.4 Å². The molecule has 1 aromatic rings. The number of nitrogens with one attached hydrogen (secondary N) is 1. The summed E-state index contributed by atoms with van der Waals surface area (Å²) in [5.41, 5.74) is 2.61. The number of rotatable bonds is 5. The fraction of sp³-hybridized carbons (Fsp3) is 0.667. The summed E-state index contributed by atoms with van der Waals surface area (Å²) in [7, 11) is 0. The van der Waals surface area contributed by atoms with Crippen molar-refractivity contribution in [3.63, 3.8) is 0 Å². The van der Waals surface area contributed by atoms with Crippen molar-refractivity contribution in [3.8, 4) is 5.75 Å². The van der Waals surface area contributed by atoms with Crippen LogP contribution in [-0.2, 0) is 6.54 Å². The zero-order valence-corrected chi connectivity index (χ0v) is 14.3. The molecule has 0 bridgehead atoms. The highest BCUT2D eigenvalue weighted by Gasteiger charge is 2.10. The molecular formula is C18H30ClNO. The standard InChI is InChI=1S/C18H29NO.ClH/c1-3-20-18-12-11-16(13-15(18)2)14-19-17-9-7-5-4-6-8-10-17;/h11-13,17,19H,3-10,14H2,1-2H3;1H. The average Bonchev–Trinajstić information content (AvgIpc) is 2.40. The topological polar surface area (TPSA) is 21.3 Å². The van der Waals surface area contributed by atoms with Crippen molar-refractivity contribution in [1.82, 2.24) is 5.32 Å². The summed E-state index contributed by atoms with van der Waals surface area (Å²) in [5.74, 6) is 1.02. The highest BCUT2D eigenvalue weighted by molar-refractivity contribution is 5.85. The van der Waals surface area contributed by atoms with Crippen molar-refractivity contribution in [2.24, 2.45) is 0 Å². The third-order valence-corrected chi connectivity index (χ3v) is 4.24. The SMILES string of the molecule is CCOc1ccc(CNC2CCCCCCC2)cc1C.Cl. The maximum atomic E-state index is 5.60. The van der Waals surface area contributed by atoms with E-state index in [1.54, 1.807) is 0 Å². The van der Waals surface area contributed by atoms with Crippen LogP contribution in [0.4, 0.5) is 0 Å². The molecule has 0 radical (unpaired) electrons. The lowest BCUT2D eigenvalue weighted by Gasteiger charge is -2.21. The van der Waals surface area contributed by atoms with Gasteiger partial charge in [0.15, 0.2) is 0 Å². The normalized spacial score (nSPS) is 16.7. The van der Waals surface area contributed by atoms with E-state index in [1.807, 2.05) is 6.92 Å². The van der Waals surface area contributed by atoms with E-state index in [2.05, 4.69) is 30.4 Å². The Hall–Kier alpha value is -0.730. The number of hydrogen-bond donors (Lipinski definition) is 1. The van der Waals surface area contributed by atoms with E-state index in [4.69, 9.17) is 4.74 Å². The summed E-state index contributed by atoms with van der Waals surface area (Å²) >= 11 is 0. The Balaban J connectivity index is 0.00000220. The molecule has 2 nitrogen and oxygen atoms in total. The van der Waals surface area contributed by atoms with Crippen LogP contribution in [0.25, 0.3) is 0 Å². The molecule has 120 valence electrons. The van der Waals surface area contributed by atoms with Gasteiger partial charge in [0.05, 0.1) is 6.61 Å². The first-order chi connectivity index (χ1) is 9.79. The minimum Gasteiger partial charge on any atom is -0.494 e. The molecule has 21 heavy (non-hydrogen) atoms. The second-order valence-corrected chi connectivity index (χ2v) is 5.96. The Morgan fingerprint density at radius 1 is 1.10 bits per heavy atom. The van der Waals surface area contributed by atoms with Crippen LogP contribution in [-0.4, -0.2) is 12.6 Å². The molecule has 1 aromatic carbocycles. The maximum Gasteiger partial charge on any atom is 0.122 e. The van der Waals surface area contributed by atoms with Gasteiger partial charge in [-0.15, -0.1) is 12.4 Å². The first-order valence-electron chi connectivity index (χ1n) is 8.25. The highest BCUT2D eigenvalue weighted by atomic mass is 35.5. The van der Waals surface area contributed by atoms with Crippen molar-refractivity contribution in [2.75, 3.05) is 6.61 Å². The van der Waals surface area contributed by atoms with Gasteiger partial charge in [-0.2, -0.15) is 0 Å². The summed E-state index contributed by atoms with van der Waals surface area (Å²) in [6.07, 6.45) is 9.73. The molecule has 0 saturated heterocycles. The van der Waals surface area contributed by atoms with Crippen LogP contribution < -0.4 is 10.1 Å². The Morgan fingerprint density at radius 2 is 1.76 bits per heavy atom. The van der Waals surface area contributed by atoms with E-state index >= 15 is 0 Å². The summed E-state index contributed by atoms with van der Waals surface area (Å²) in [5, 5.41) is 3.74. The van der Waals surface area contributed by atoms with Gasteiger partial charge in [-0.25, -0.2) is 0 Å². The van der Waals surface area contributed by atoms with Crippen molar-refractivity contribution < 1.29 is 4.74 Å². The van der Waals surface area contributed by atoms with Gasteiger partial charge in [0.25, 0.3) is 0 Å². The number of ether oxygens (including phenoxy) is 1. The average molecular weight is 312 g/mol. The second-order valence-electron chi connectivity index (χ2n) is 5.96. The van der Waals surface area contributed by atoms with Gasteiger partial charge in [-0.1, -0.05) is 44.2 Å². The molecule has 0 amide bonds. The van der Waals surface area contributed by atoms with E-state index in [0.717, 1.165) is 18.9 Å². The first-order valence-corrected chi connectivity index (χ1v) is 8.25. The van der Waals surface area contributed by atoms with Gasteiger partial charge < -0.3 is 10.1 Å². The van der Waals surface area contributed by atoms with Gasteiger partial charge in [0.1, 0.15) is 5.75 Å². The monoisotopic (exact) mass is 311 g/mol. The number of hydrogen-bond acceptors (Lipinski definition) is 2. The molecule has 1 aliphatic rings. The molecule has 0 unspecified atom stereocenters. The lowest BCUT2D eigenvalue weighted by molar-refractivity contribution is 0.337. The van der Waals surface area contributed by atoms with E-state index < -0.39 is 0 Å². The van der Waals surface area contributed by atoms with Gasteiger partial charge >= 0.3 is 0 Å². The molecule has 0 aliphatic heterocycles. The molecule has 0 aromatic heterocycles. The first kappa shape index (κ1) is 18.3. The molecule has 1 N–H and O–H groups in total.